The van der Waals surface area contributed by atoms with Crippen molar-refractivity contribution in [2.75, 3.05) is 20.3 Å². The number of aliphatic hydroxyl groups excluding tert-OH is 2. The van der Waals surface area contributed by atoms with Gasteiger partial charge in [0.25, 0.3) is 0 Å². The van der Waals surface area contributed by atoms with Crippen LogP contribution in [0.3, 0.4) is 0 Å². The van der Waals surface area contributed by atoms with Crippen LogP contribution in [0.5, 0.6) is 0 Å². The Morgan fingerprint density at radius 2 is 1.38 bits per heavy atom. The lowest BCUT2D eigenvalue weighted by molar-refractivity contribution is -0.374. The van der Waals surface area contributed by atoms with Gasteiger partial charge in [-0.15, -0.1) is 0 Å². The van der Waals surface area contributed by atoms with Crippen molar-refractivity contribution in [2.24, 2.45) is 16.3 Å². The molecule has 4 aromatic rings. The summed E-state index contributed by atoms with van der Waals surface area (Å²) in [6, 6.07) is 37.8. The van der Waals surface area contributed by atoms with Gasteiger partial charge in [-0.1, -0.05) is 142 Å². The van der Waals surface area contributed by atoms with Crippen molar-refractivity contribution in [3.05, 3.63) is 155 Å². The molecule has 14 heteroatoms. The van der Waals surface area contributed by atoms with Crippen molar-refractivity contribution in [3.8, 4) is 0 Å². The number of nitrogens with one attached hydrogen (secondary N) is 1. The lowest BCUT2D eigenvalue weighted by Gasteiger charge is -2.50. The molecular formula is C55H66N2O12. The zero-order chi connectivity index (χ0) is 48.3. The predicted molar refractivity (Wildman–Crippen MR) is 257 cm³/mol. The van der Waals surface area contributed by atoms with Crippen molar-refractivity contribution in [1.82, 2.24) is 5.32 Å². The van der Waals surface area contributed by atoms with Crippen LogP contribution in [0.1, 0.15) is 81.4 Å². The SMILES string of the molecule is CNC(=O)CCCC(=NC1[C@H](OCc2ccccc2)OC(COCc2ccccc2)[C@@H](OC2OC3COC(c4ccccc4)OC3C(O)C2C)[C@H]1OCc1ccccc1)C1=C(O)CC(C)(C)CC1=O. The van der Waals surface area contributed by atoms with Gasteiger partial charge in [-0.3, -0.25) is 14.6 Å². The van der Waals surface area contributed by atoms with Crippen molar-refractivity contribution >= 4 is 17.4 Å². The number of hydrogen-bond donors (Lipinski definition) is 3. The lowest BCUT2D eigenvalue weighted by atomic mass is 9.75. The van der Waals surface area contributed by atoms with Crippen molar-refractivity contribution in [1.29, 1.82) is 0 Å². The maximum absolute atomic E-state index is 14.2. The van der Waals surface area contributed by atoms with Crippen LogP contribution in [0.4, 0.5) is 0 Å². The summed E-state index contributed by atoms with van der Waals surface area (Å²) < 4.78 is 53.6. The van der Waals surface area contributed by atoms with Crippen LogP contribution in [0, 0.1) is 11.3 Å². The molecule has 0 saturated carbocycles. The lowest BCUT2D eigenvalue weighted by Crippen LogP contribution is -2.64. The average Bonchev–Trinajstić information content (AvgIpc) is 3.35. The molecule has 4 aliphatic rings. The predicted octanol–water partition coefficient (Wildman–Crippen LogP) is 7.88. The molecule has 1 aliphatic carbocycles. The number of nitrogens with zero attached hydrogens (tertiary/aromatic N) is 1. The standard InChI is InChI=1S/C55H66N2O12/c1-35-48(61)49-44(34-65-53(68-49)39-24-15-8-16-25-39)66-52(35)69-50-43(33-62-30-36-18-9-5-10-19-36)67-54(64-32-38-22-13-7-14-23-38)47(51(50)63-31-37-20-11-6-12-21-37)57-40(26-17-27-45(60)56-4)46-41(58)28-55(2,3)29-42(46)59/h5-16,18-25,35,43-44,47-54,58,61H,17,26-34H2,1-4H3,(H,56,60)/t35?,43?,44?,47?,48?,49?,50-,51+,52?,53?,54-/m1/s1. The zero-order valence-electron chi connectivity index (χ0n) is 39.9. The number of Topliss-reactive ketones (excluding diaryl/α,β-unsaturated/α-hetero) is 1. The molecule has 0 spiro atoms. The number of fused-ring (bicyclic) bond motifs is 1. The summed E-state index contributed by atoms with van der Waals surface area (Å²) in [4.78, 5) is 32.1. The number of hydrogen-bond acceptors (Lipinski definition) is 13. The smallest absolute Gasteiger partial charge is 0.219 e. The Balaban J connectivity index is 1.20. The van der Waals surface area contributed by atoms with E-state index in [-0.39, 0.29) is 81.7 Å². The van der Waals surface area contributed by atoms with Gasteiger partial charge in [0.2, 0.25) is 5.91 Å². The van der Waals surface area contributed by atoms with Gasteiger partial charge in [0.1, 0.15) is 42.3 Å². The number of ether oxygens (including phenoxy) is 8. The Kier molecular flexibility index (Phi) is 17.2. The number of aliphatic imine (C=N–C) groups is 1. The molecule has 11 atom stereocenters. The van der Waals surface area contributed by atoms with Crippen LogP contribution in [0.2, 0.25) is 0 Å². The third-order valence-electron chi connectivity index (χ3n) is 13.1. The van der Waals surface area contributed by atoms with E-state index in [9.17, 15) is 19.8 Å². The number of amides is 1. The molecule has 8 unspecified atom stereocenters. The van der Waals surface area contributed by atoms with Gasteiger partial charge >= 0.3 is 0 Å². The van der Waals surface area contributed by atoms with Gasteiger partial charge in [0.15, 0.2) is 24.7 Å². The first-order valence-electron chi connectivity index (χ1n) is 24.1. The molecule has 8 rings (SSSR count). The molecule has 368 valence electrons. The number of allylic oxidation sites excluding steroid dienone is 2. The maximum atomic E-state index is 14.2. The van der Waals surface area contributed by atoms with Crippen LogP contribution in [-0.4, -0.2) is 103 Å². The number of carbonyl (C=O) groups excluding carboxylic acids is 2. The van der Waals surface area contributed by atoms with Gasteiger partial charge in [0, 0.05) is 43.5 Å². The first-order valence-corrected chi connectivity index (χ1v) is 24.1. The molecule has 3 aliphatic heterocycles. The Hall–Kier alpha value is -5.13. The van der Waals surface area contributed by atoms with E-state index in [1.807, 2.05) is 142 Å². The fraction of sp³-hybridized carbons (Fsp3) is 0.473. The Morgan fingerprint density at radius 3 is 2.00 bits per heavy atom. The normalized spacial score (nSPS) is 29.3. The second-order valence-corrected chi connectivity index (χ2v) is 19.1. The minimum absolute atomic E-state index is 0.0333. The van der Waals surface area contributed by atoms with E-state index in [0.29, 0.717) is 12.1 Å². The summed E-state index contributed by atoms with van der Waals surface area (Å²) in [5.41, 5.74) is 3.52. The highest BCUT2D eigenvalue weighted by Gasteiger charge is 2.54. The van der Waals surface area contributed by atoms with E-state index in [4.69, 9.17) is 42.9 Å². The van der Waals surface area contributed by atoms with E-state index in [0.717, 1.165) is 22.3 Å². The number of rotatable bonds is 19. The van der Waals surface area contributed by atoms with Gasteiger partial charge in [-0.25, -0.2) is 0 Å². The molecule has 14 nitrogen and oxygen atoms in total. The van der Waals surface area contributed by atoms with E-state index in [1.165, 1.54) is 0 Å². The fourth-order valence-electron chi connectivity index (χ4n) is 9.45. The minimum Gasteiger partial charge on any atom is -0.511 e. The number of aliphatic hydroxyl groups is 2. The molecule has 3 fully saturated rings. The zero-order valence-corrected chi connectivity index (χ0v) is 39.9. The van der Waals surface area contributed by atoms with Crippen LogP contribution in [0.25, 0.3) is 0 Å². The molecule has 0 aromatic heterocycles. The first kappa shape index (κ1) is 50.3. The van der Waals surface area contributed by atoms with Crippen molar-refractivity contribution in [3.63, 3.8) is 0 Å². The van der Waals surface area contributed by atoms with Crippen LogP contribution in [-0.2, 0) is 67.3 Å². The molecule has 3 saturated heterocycles. The van der Waals surface area contributed by atoms with Gasteiger partial charge in [-0.05, 0) is 34.9 Å². The van der Waals surface area contributed by atoms with Crippen molar-refractivity contribution in [2.45, 2.75) is 134 Å². The highest BCUT2D eigenvalue weighted by Crippen LogP contribution is 2.41. The molecular weight excluding hydrogens is 881 g/mol. The monoisotopic (exact) mass is 946 g/mol. The van der Waals surface area contributed by atoms with E-state index in [1.54, 1.807) is 7.05 Å². The summed E-state index contributed by atoms with van der Waals surface area (Å²) in [5.74, 6) is -1.09. The second kappa shape index (κ2) is 23.7. The number of carbonyl (C=O) groups is 2. The minimum atomic E-state index is -1.10. The second-order valence-electron chi connectivity index (χ2n) is 19.1. The van der Waals surface area contributed by atoms with Crippen LogP contribution >= 0.6 is 0 Å². The molecule has 69 heavy (non-hydrogen) atoms. The van der Waals surface area contributed by atoms with E-state index < -0.39 is 72.9 Å². The summed E-state index contributed by atoms with van der Waals surface area (Å²) in [7, 11) is 1.58. The quantitative estimate of drug-likeness (QED) is 0.0778. The number of ketones is 1. The van der Waals surface area contributed by atoms with E-state index >= 15 is 0 Å². The third-order valence-corrected chi connectivity index (χ3v) is 13.1. The number of benzene rings is 4. The van der Waals surface area contributed by atoms with Crippen molar-refractivity contribution < 1.29 is 57.7 Å². The Bertz CT molecular complexity index is 2330. The highest BCUT2D eigenvalue weighted by molar-refractivity contribution is 6.23. The summed E-state index contributed by atoms with van der Waals surface area (Å²) in [6.07, 6.45) is -6.85. The first-order chi connectivity index (χ1) is 33.5. The van der Waals surface area contributed by atoms with Crippen LogP contribution < -0.4 is 5.32 Å². The Morgan fingerprint density at radius 1 is 0.768 bits per heavy atom. The topological polar surface area (TPSA) is 173 Å². The molecule has 0 radical (unpaired) electrons. The summed E-state index contributed by atoms with van der Waals surface area (Å²) in [6.45, 7) is 6.45. The highest BCUT2D eigenvalue weighted by atomic mass is 16.8. The van der Waals surface area contributed by atoms with E-state index in [2.05, 4.69) is 5.32 Å². The molecule has 3 N–H and O–H groups in total. The third kappa shape index (κ3) is 13.0. The Labute approximate surface area is 404 Å². The summed E-state index contributed by atoms with van der Waals surface area (Å²) in [5, 5.41) is 26.4. The maximum Gasteiger partial charge on any atom is 0.219 e. The van der Waals surface area contributed by atoms with Crippen LogP contribution in [0.15, 0.2) is 138 Å². The average molecular weight is 947 g/mol. The van der Waals surface area contributed by atoms with Gasteiger partial charge in [-0.2, -0.15) is 0 Å². The van der Waals surface area contributed by atoms with Gasteiger partial charge in [0.05, 0.1) is 44.7 Å². The molecule has 3 heterocycles. The molecule has 0 bridgehead atoms. The largest absolute Gasteiger partial charge is 0.511 e. The van der Waals surface area contributed by atoms with Gasteiger partial charge < -0.3 is 53.4 Å². The summed E-state index contributed by atoms with van der Waals surface area (Å²) >= 11 is 0. The molecule has 4 aromatic carbocycles. The fourth-order valence-corrected chi connectivity index (χ4v) is 9.45. The molecule has 1 amide bonds.